The maximum Gasteiger partial charge on any atom is 0.224 e. The molecule has 1 atom stereocenters. The molecule has 2 N–H and O–H groups in total. The monoisotopic (exact) mass is 340 g/mol. The zero-order valence-corrected chi connectivity index (χ0v) is 14.4. The molecule has 0 aliphatic carbocycles. The lowest BCUT2D eigenvalue weighted by atomic mass is 10.0. The van der Waals surface area contributed by atoms with E-state index in [1.807, 2.05) is 24.3 Å². The molecule has 1 amide bonds. The van der Waals surface area contributed by atoms with Crippen LogP contribution in [0.25, 0.3) is 0 Å². The van der Waals surface area contributed by atoms with Crippen LogP contribution in [0.1, 0.15) is 18.4 Å². The lowest BCUT2D eigenvalue weighted by molar-refractivity contribution is -0.121. The first-order chi connectivity index (χ1) is 12.1. The van der Waals surface area contributed by atoms with Crippen LogP contribution in [0.2, 0.25) is 0 Å². The van der Waals surface area contributed by atoms with Gasteiger partial charge in [-0.3, -0.25) is 4.79 Å². The normalized spacial score (nSPS) is 17.2. The van der Waals surface area contributed by atoms with Gasteiger partial charge in [0.2, 0.25) is 5.91 Å². The predicted octanol–water partition coefficient (Wildman–Crippen LogP) is 2.73. The first-order valence-corrected chi connectivity index (χ1v) is 8.60. The number of nitrogens with one attached hydrogen (secondary N) is 1. The molecule has 132 valence electrons. The van der Waals surface area contributed by atoms with E-state index in [2.05, 4.69) is 16.3 Å². The number of ether oxygens (including phenoxy) is 1. The van der Waals surface area contributed by atoms with Crippen LogP contribution in [0.3, 0.4) is 0 Å². The molecule has 0 bridgehead atoms. The van der Waals surface area contributed by atoms with Gasteiger partial charge in [-0.15, -0.1) is 0 Å². The molecule has 1 saturated heterocycles. The minimum absolute atomic E-state index is 0.0110. The van der Waals surface area contributed by atoms with E-state index >= 15 is 0 Å². The van der Waals surface area contributed by atoms with Gasteiger partial charge in [-0.05, 0) is 42.7 Å². The lowest BCUT2D eigenvalue weighted by Gasteiger charge is -2.35. The Hall–Kier alpha value is -2.69. The second-order valence-electron chi connectivity index (χ2n) is 6.40. The first kappa shape index (κ1) is 17.1. The number of carbonyl (C=O) groups excluding carboxylic acids is 1. The maximum absolute atomic E-state index is 12.3. The van der Waals surface area contributed by atoms with E-state index in [4.69, 9.17) is 4.74 Å². The van der Waals surface area contributed by atoms with E-state index in [1.165, 1.54) is 0 Å². The number of piperidine rings is 1. The van der Waals surface area contributed by atoms with Crippen molar-refractivity contribution in [1.82, 2.24) is 5.32 Å². The largest absolute Gasteiger partial charge is 0.508 e. The van der Waals surface area contributed by atoms with Crippen LogP contribution in [0.5, 0.6) is 11.5 Å². The van der Waals surface area contributed by atoms with Gasteiger partial charge in [0.1, 0.15) is 11.5 Å². The summed E-state index contributed by atoms with van der Waals surface area (Å²) in [4.78, 5) is 14.6. The maximum atomic E-state index is 12.3. The number of hydrogen-bond donors (Lipinski definition) is 2. The van der Waals surface area contributed by atoms with Crippen LogP contribution < -0.4 is 15.0 Å². The Balaban J connectivity index is 1.58. The third-order valence-corrected chi connectivity index (χ3v) is 4.48. The Labute approximate surface area is 148 Å². The molecule has 2 aromatic rings. The van der Waals surface area contributed by atoms with Crippen LogP contribution in [0.4, 0.5) is 5.69 Å². The van der Waals surface area contributed by atoms with Gasteiger partial charge in [-0.25, -0.2) is 0 Å². The van der Waals surface area contributed by atoms with Gasteiger partial charge in [0, 0.05) is 30.9 Å². The van der Waals surface area contributed by atoms with Gasteiger partial charge >= 0.3 is 0 Å². The van der Waals surface area contributed by atoms with Crippen molar-refractivity contribution in [2.45, 2.75) is 25.3 Å². The number of nitrogens with zero attached hydrogens (tertiary/aromatic N) is 1. The fourth-order valence-electron chi connectivity index (χ4n) is 3.27. The molecule has 2 aromatic carbocycles. The SMILES string of the molecule is COc1cccc(N2CCC[C@H](NC(=O)Cc3cccc(O)c3)C2)c1. The van der Waals surface area contributed by atoms with Crippen LogP contribution in [0, 0.1) is 0 Å². The summed E-state index contributed by atoms with van der Waals surface area (Å²) in [5, 5.41) is 12.6. The van der Waals surface area contributed by atoms with Crippen LogP contribution in [-0.2, 0) is 11.2 Å². The number of rotatable bonds is 5. The molecular formula is C20H24N2O3. The topological polar surface area (TPSA) is 61.8 Å². The zero-order valence-electron chi connectivity index (χ0n) is 14.4. The van der Waals surface area contributed by atoms with Crippen molar-refractivity contribution in [2.24, 2.45) is 0 Å². The Morgan fingerprint density at radius 2 is 2.12 bits per heavy atom. The molecule has 5 heteroatoms. The Kier molecular flexibility index (Phi) is 5.43. The van der Waals surface area contributed by atoms with Gasteiger partial charge in [0.05, 0.1) is 13.5 Å². The summed E-state index contributed by atoms with van der Waals surface area (Å²) in [5.41, 5.74) is 1.93. The number of phenolic OH excluding ortho intramolecular Hbond substituents is 1. The van der Waals surface area contributed by atoms with Crippen LogP contribution in [-0.4, -0.2) is 37.3 Å². The third kappa shape index (κ3) is 4.66. The van der Waals surface area contributed by atoms with Gasteiger partial charge < -0.3 is 20.1 Å². The highest BCUT2D eigenvalue weighted by Gasteiger charge is 2.22. The van der Waals surface area contributed by atoms with Crippen LogP contribution in [0.15, 0.2) is 48.5 Å². The Morgan fingerprint density at radius 1 is 1.28 bits per heavy atom. The standard InChI is InChI=1S/C20H24N2O3/c1-25-19-9-3-7-17(13-19)22-10-4-6-16(14-22)21-20(24)12-15-5-2-8-18(23)11-15/h2-3,5,7-9,11,13,16,23H,4,6,10,12,14H2,1H3,(H,21,24)/t16-/m0/s1. The molecule has 3 rings (SSSR count). The molecule has 1 fully saturated rings. The summed E-state index contributed by atoms with van der Waals surface area (Å²) in [7, 11) is 1.67. The molecule has 0 unspecified atom stereocenters. The van der Waals surface area contributed by atoms with Crippen molar-refractivity contribution < 1.29 is 14.6 Å². The lowest BCUT2D eigenvalue weighted by Crippen LogP contribution is -2.48. The molecule has 0 radical (unpaired) electrons. The van der Waals surface area contributed by atoms with E-state index in [0.717, 1.165) is 42.9 Å². The second-order valence-corrected chi connectivity index (χ2v) is 6.40. The fraction of sp³-hybridized carbons (Fsp3) is 0.350. The summed E-state index contributed by atoms with van der Waals surface area (Å²) >= 11 is 0. The molecule has 0 aromatic heterocycles. The smallest absolute Gasteiger partial charge is 0.224 e. The van der Waals surface area contributed by atoms with Crippen molar-refractivity contribution in [2.75, 3.05) is 25.1 Å². The number of aromatic hydroxyl groups is 1. The predicted molar refractivity (Wildman–Crippen MR) is 98.2 cm³/mol. The number of amides is 1. The first-order valence-electron chi connectivity index (χ1n) is 8.60. The molecule has 25 heavy (non-hydrogen) atoms. The number of carbonyl (C=O) groups is 1. The zero-order chi connectivity index (χ0) is 17.6. The van der Waals surface area contributed by atoms with E-state index in [1.54, 1.807) is 25.3 Å². The number of hydrogen-bond acceptors (Lipinski definition) is 4. The molecule has 1 aliphatic heterocycles. The molecule has 5 nitrogen and oxygen atoms in total. The highest BCUT2D eigenvalue weighted by molar-refractivity contribution is 5.79. The van der Waals surface area contributed by atoms with Crippen LogP contribution >= 0.6 is 0 Å². The number of phenols is 1. The van der Waals surface area contributed by atoms with Crippen molar-refractivity contribution in [1.29, 1.82) is 0 Å². The van der Waals surface area contributed by atoms with E-state index in [0.29, 0.717) is 0 Å². The highest BCUT2D eigenvalue weighted by Crippen LogP contribution is 2.24. The van der Waals surface area contributed by atoms with E-state index in [9.17, 15) is 9.90 Å². The number of benzene rings is 2. The van der Waals surface area contributed by atoms with Crippen molar-refractivity contribution in [3.8, 4) is 11.5 Å². The summed E-state index contributed by atoms with van der Waals surface area (Å²) in [6, 6.07) is 15.0. The average Bonchev–Trinajstić information content (AvgIpc) is 2.62. The summed E-state index contributed by atoms with van der Waals surface area (Å²) in [6.45, 7) is 1.77. The Morgan fingerprint density at radius 3 is 2.92 bits per heavy atom. The van der Waals surface area contributed by atoms with Gasteiger partial charge in [-0.1, -0.05) is 18.2 Å². The van der Waals surface area contributed by atoms with Gasteiger partial charge in [-0.2, -0.15) is 0 Å². The summed E-state index contributed by atoms with van der Waals surface area (Å²) in [5.74, 6) is 1.02. The quantitative estimate of drug-likeness (QED) is 0.879. The molecule has 0 spiro atoms. The van der Waals surface area contributed by atoms with Gasteiger partial charge in [0.25, 0.3) is 0 Å². The van der Waals surface area contributed by atoms with E-state index < -0.39 is 0 Å². The van der Waals surface area contributed by atoms with Gasteiger partial charge in [0.15, 0.2) is 0 Å². The molecular weight excluding hydrogens is 316 g/mol. The number of anilines is 1. The van der Waals surface area contributed by atoms with Crippen molar-refractivity contribution in [3.63, 3.8) is 0 Å². The third-order valence-electron chi connectivity index (χ3n) is 4.48. The minimum Gasteiger partial charge on any atom is -0.508 e. The van der Waals surface area contributed by atoms with E-state index in [-0.39, 0.29) is 24.1 Å². The van der Waals surface area contributed by atoms with Crippen molar-refractivity contribution >= 4 is 11.6 Å². The summed E-state index contributed by atoms with van der Waals surface area (Å²) in [6.07, 6.45) is 2.30. The van der Waals surface area contributed by atoms with Crippen molar-refractivity contribution in [3.05, 3.63) is 54.1 Å². The molecule has 1 aliphatic rings. The molecule has 1 heterocycles. The fourth-order valence-corrected chi connectivity index (χ4v) is 3.27. The highest BCUT2D eigenvalue weighted by atomic mass is 16.5. The Bertz CT molecular complexity index is 732. The number of methoxy groups -OCH3 is 1. The summed E-state index contributed by atoms with van der Waals surface area (Å²) < 4.78 is 5.30. The average molecular weight is 340 g/mol. The second kappa shape index (κ2) is 7.92. The molecule has 0 saturated carbocycles. The minimum atomic E-state index is -0.0110.